The summed E-state index contributed by atoms with van der Waals surface area (Å²) in [7, 11) is 1.94. The molecule has 0 saturated heterocycles. The summed E-state index contributed by atoms with van der Waals surface area (Å²) < 4.78 is 39.6. The van der Waals surface area contributed by atoms with Crippen molar-refractivity contribution in [2.45, 2.75) is 38.4 Å². The van der Waals surface area contributed by atoms with Crippen LogP contribution in [0.4, 0.5) is 13.2 Å². The number of alkyl halides is 3. The number of aromatic nitrogens is 3. The Morgan fingerprint density at radius 3 is 2.53 bits per heavy atom. The average molecular weight is 454 g/mol. The SMILES string of the molecule is Cc1cccc(C(=O)N2CCc3cnn(C)c3C2COCC2CC2)n1.O=C(O)C(F)(F)F. The van der Waals surface area contributed by atoms with E-state index in [0.717, 1.165) is 24.4 Å². The molecular weight excluding hydrogens is 429 g/mol. The molecule has 4 rings (SSSR count). The van der Waals surface area contributed by atoms with Gasteiger partial charge in [-0.25, -0.2) is 9.78 Å². The van der Waals surface area contributed by atoms with E-state index in [1.165, 1.54) is 18.4 Å². The molecule has 1 unspecified atom stereocenters. The second-order valence-corrected chi connectivity index (χ2v) is 7.89. The molecule has 0 bridgehead atoms. The number of pyridine rings is 1. The number of ether oxygens (including phenoxy) is 1. The Kier molecular flexibility index (Phi) is 7.17. The molecule has 174 valence electrons. The number of amides is 1. The third kappa shape index (κ3) is 5.84. The van der Waals surface area contributed by atoms with Crippen molar-refractivity contribution in [3.8, 4) is 0 Å². The Hall–Kier alpha value is -2.95. The van der Waals surface area contributed by atoms with Crippen molar-refractivity contribution >= 4 is 11.9 Å². The molecule has 11 heteroatoms. The van der Waals surface area contributed by atoms with Crippen LogP contribution in [-0.4, -0.2) is 62.6 Å². The second-order valence-electron chi connectivity index (χ2n) is 7.89. The average Bonchev–Trinajstić information content (AvgIpc) is 3.48. The Morgan fingerprint density at radius 2 is 1.94 bits per heavy atom. The number of aryl methyl sites for hydroxylation is 2. The van der Waals surface area contributed by atoms with Gasteiger partial charge in [-0.15, -0.1) is 0 Å². The third-order valence-electron chi connectivity index (χ3n) is 5.32. The molecule has 32 heavy (non-hydrogen) atoms. The fraction of sp³-hybridized carbons (Fsp3) is 0.524. The van der Waals surface area contributed by atoms with Crippen molar-refractivity contribution < 1.29 is 32.6 Å². The van der Waals surface area contributed by atoms with Crippen molar-refractivity contribution in [1.29, 1.82) is 0 Å². The number of rotatable bonds is 5. The lowest BCUT2D eigenvalue weighted by Crippen LogP contribution is -2.43. The lowest BCUT2D eigenvalue weighted by molar-refractivity contribution is -0.192. The van der Waals surface area contributed by atoms with Gasteiger partial charge in [-0.05, 0) is 49.8 Å². The monoisotopic (exact) mass is 454 g/mol. The van der Waals surface area contributed by atoms with Crippen molar-refractivity contribution in [1.82, 2.24) is 19.7 Å². The smallest absolute Gasteiger partial charge is 0.475 e. The van der Waals surface area contributed by atoms with Crippen LogP contribution in [0.25, 0.3) is 0 Å². The van der Waals surface area contributed by atoms with Crippen LogP contribution in [0.1, 0.15) is 46.3 Å². The zero-order valence-corrected chi connectivity index (χ0v) is 17.8. The number of nitrogens with zero attached hydrogens (tertiary/aromatic N) is 4. The molecular formula is C21H25F3N4O4. The van der Waals surface area contributed by atoms with Crippen LogP contribution in [0.15, 0.2) is 24.4 Å². The van der Waals surface area contributed by atoms with Gasteiger partial charge in [0.15, 0.2) is 0 Å². The Bertz CT molecular complexity index is 972. The molecule has 1 amide bonds. The molecule has 2 aromatic rings. The molecule has 8 nitrogen and oxygen atoms in total. The molecule has 1 fully saturated rings. The molecule has 1 N–H and O–H groups in total. The zero-order chi connectivity index (χ0) is 23.5. The minimum absolute atomic E-state index is 0.0319. The highest BCUT2D eigenvalue weighted by molar-refractivity contribution is 5.92. The summed E-state index contributed by atoms with van der Waals surface area (Å²) >= 11 is 0. The maximum Gasteiger partial charge on any atom is 0.490 e. The highest BCUT2D eigenvalue weighted by Gasteiger charge is 2.38. The van der Waals surface area contributed by atoms with E-state index in [1.54, 1.807) is 6.07 Å². The summed E-state index contributed by atoms with van der Waals surface area (Å²) in [4.78, 5) is 28.3. The number of aliphatic carboxylic acids is 1. The molecule has 1 atom stereocenters. The highest BCUT2D eigenvalue weighted by Crippen LogP contribution is 2.33. The highest BCUT2D eigenvalue weighted by atomic mass is 19.4. The predicted octanol–water partition coefficient (Wildman–Crippen LogP) is 2.92. The van der Waals surface area contributed by atoms with Crippen LogP contribution < -0.4 is 0 Å². The standard InChI is InChI=1S/C19H24N4O2.C2HF3O2/c1-13-4-3-5-16(21-13)19(24)23-9-8-15-10-20-22(2)18(15)17(23)12-25-11-14-6-7-14;3-2(4,5)1(6)7/h3-5,10,14,17H,6-9,11-12H2,1-2H3;(H,6,7). The van der Waals surface area contributed by atoms with Crippen molar-refractivity contribution in [3.63, 3.8) is 0 Å². The number of carboxylic acids is 1. The summed E-state index contributed by atoms with van der Waals surface area (Å²) in [6, 6.07) is 5.47. The van der Waals surface area contributed by atoms with Crippen LogP contribution in [0.3, 0.4) is 0 Å². The second kappa shape index (κ2) is 9.68. The van der Waals surface area contributed by atoms with E-state index in [-0.39, 0.29) is 11.9 Å². The topological polar surface area (TPSA) is 97.5 Å². The Balaban J connectivity index is 0.000000360. The van der Waals surface area contributed by atoms with Gasteiger partial charge in [0.2, 0.25) is 0 Å². The van der Waals surface area contributed by atoms with Crippen LogP contribution in [-0.2, 0) is 23.0 Å². The van der Waals surface area contributed by atoms with Crippen molar-refractivity contribution in [3.05, 3.63) is 47.0 Å². The minimum Gasteiger partial charge on any atom is -0.475 e. The van der Waals surface area contributed by atoms with E-state index in [1.807, 2.05) is 41.9 Å². The van der Waals surface area contributed by atoms with Crippen LogP contribution in [0.2, 0.25) is 0 Å². The number of hydrogen-bond donors (Lipinski definition) is 1. The van der Waals surface area contributed by atoms with Crippen LogP contribution in [0.5, 0.6) is 0 Å². The Labute approximate surface area is 183 Å². The van der Waals surface area contributed by atoms with Gasteiger partial charge in [0.1, 0.15) is 5.69 Å². The molecule has 1 aliphatic carbocycles. The molecule has 0 aromatic carbocycles. The van der Waals surface area contributed by atoms with Crippen LogP contribution >= 0.6 is 0 Å². The van der Waals surface area contributed by atoms with Gasteiger partial charge >= 0.3 is 12.1 Å². The largest absolute Gasteiger partial charge is 0.490 e. The van der Waals surface area contributed by atoms with Gasteiger partial charge in [-0.2, -0.15) is 18.3 Å². The molecule has 2 aliphatic rings. The van der Waals surface area contributed by atoms with Crippen molar-refractivity contribution in [2.75, 3.05) is 19.8 Å². The lowest BCUT2D eigenvalue weighted by Gasteiger charge is -2.35. The number of carboxylic acid groups (broad SMARTS) is 1. The van der Waals surface area contributed by atoms with E-state index in [9.17, 15) is 18.0 Å². The number of hydrogen-bond acceptors (Lipinski definition) is 5. The van der Waals surface area contributed by atoms with E-state index >= 15 is 0 Å². The first-order chi connectivity index (χ1) is 15.1. The Morgan fingerprint density at radius 1 is 1.25 bits per heavy atom. The normalized spacial score (nSPS) is 17.9. The van der Waals surface area contributed by atoms with E-state index in [4.69, 9.17) is 14.6 Å². The first-order valence-corrected chi connectivity index (χ1v) is 10.2. The molecule has 1 saturated carbocycles. The minimum atomic E-state index is -5.08. The number of carbonyl (C=O) groups is 2. The third-order valence-corrected chi connectivity index (χ3v) is 5.32. The lowest BCUT2D eigenvalue weighted by atomic mass is 9.99. The van der Waals surface area contributed by atoms with Gasteiger partial charge in [0.25, 0.3) is 5.91 Å². The fourth-order valence-corrected chi connectivity index (χ4v) is 3.51. The zero-order valence-electron chi connectivity index (χ0n) is 17.8. The molecule has 3 heterocycles. The summed E-state index contributed by atoms with van der Waals surface area (Å²) in [6.07, 6.45) is 0.171. The van der Waals surface area contributed by atoms with Crippen molar-refractivity contribution in [2.24, 2.45) is 13.0 Å². The summed E-state index contributed by atoms with van der Waals surface area (Å²) in [6.45, 7) is 3.88. The molecule has 1 aliphatic heterocycles. The van der Waals surface area contributed by atoms with Gasteiger partial charge in [-0.3, -0.25) is 9.48 Å². The summed E-state index contributed by atoms with van der Waals surface area (Å²) in [5.74, 6) is -2.08. The predicted molar refractivity (Wildman–Crippen MR) is 107 cm³/mol. The van der Waals surface area contributed by atoms with Gasteiger partial charge in [-0.1, -0.05) is 6.07 Å². The maximum absolute atomic E-state index is 13.1. The van der Waals surface area contributed by atoms with Gasteiger partial charge in [0, 0.05) is 25.9 Å². The number of halogens is 3. The molecule has 0 spiro atoms. The fourth-order valence-electron chi connectivity index (χ4n) is 3.51. The summed E-state index contributed by atoms with van der Waals surface area (Å²) in [5.41, 5.74) is 3.65. The van der Waals surface area contributed by atoms with Gasteiger partial charge in [0.05, 0.1) is 24.5 Å². The molecule has 2 aromatic heterocycles. The number of fused-ring (bicyclic) bond motifs is 1. The molecule has 0 radical (unpaired) electrons. The maximum atomic E-state index is 13.1. The first kappa shape index (κ1) is 23.7. The summed E-state index contributed by atoms with van der Waals surface area (Å²) in [5, 5.41) is 11.5. The van der Waals surface area contributed by atoms with E-state index in [2.05, 4.69) is 10.1 Å². The van der Waals surface area contributed by atoms with E-state index in [0.29, 0.717) is 24.8 Å². The number of carbonyl (C=O) groups excluding carboxylic acids is 1. The van der Waals surface area contributed by atoms with E-state index < -0.39 is 12.1 Å². The quantitative estimate of drug-likeness (QED) is 0.746. The van der Waals surface area contributed by atoms with Gasteiger partial charge < -0.3 is 14.7 Å². The first-order valence-electron chi connectivity index (χ1n) is 10.2. The van der Waals surface area contributed by atoms with Crippen LogP contribution in [0, 0.1) is 12.8 Å².